The van der Waals surface area contributed by atoms with Crippen molar-refractivity contribution in [2.24, 2.45) is 0 Å². The summed E-state index contributed by atoms with van der Waals surface area (Å²) in [6.07, 6.45) is -0.843. The number of alkyl halides is 2. The number of hydrogen-bond acceptors (Lipinski definition) is 3. The summed E-state index contributed by atoms with van der Waals surface area (Å²) >= 11 is 0. The number of alkyl carbamates (subject to hydrolysis) is 1. The van der Waals surface area contributed by atoms with Crippen LogP contribution in [0.15, 0.2) is 24.3 Å². The number of carbonyl (C=O) groups is 1. The van der Waals surface area contributed by atoms with E-state index in [1.54, 1.807) is 20.8 Å². The van der Waals surface area contributed by atoms with Gasteiger partial charge in [-0.25, -0.2) is 13.6 Å². The first-order valence-corrected chi connectivity index (χ1v) is 7.64. The van der Waals surface area contributed by atoms with E-state index < -0.39 is 30.7 Å². The predicted molar refractivity (Wildman–Crippen MR) is 86.8 cm³/mol. The molecule has 23 heavy (non-hydrogen) atoms. The highest BCUT2D eigenvalue weighted by Gasteiger charge is 2.31. The van der Waals surface area contributed by atoms with Crippen molar-refractivity contribution in [2.75, 3.05) is 13.1 Å². The van der Waals surface area contributed by atoms with Gasteiger partial charge in [-0.2, -0.15) is 0 Å². The molecule has 2 N–H and O–H groups in total. The van der Waals surface area contributed by atoms with Gasteiger partial charge in [0.1, 0.15) is 5.60 Å². The largest absolute Gasteiger partial charge is 0.444 e. The summed E-state index contributed by atoms with van der Waals surface area (Å²) < 4.78 is 32.7. The fourth-order valence-electron chi connectivity index (χ4n) is 2.06. The van der Waals surface area contributed by atoms with Crippen LogP contribution in [0.4, 0.5) is 13.6 Å². The van der Waals surface area contributed by atoms with Crippen LogP contribution in [0.2, 0.25) is 0 Å². The molecule has 0 radical (unpaired) electrons. The van der Waals surface area contributed by atoms with Crippen molar-refractivity contribution in [2.45, 2.75) is 52.2 Å². The third kappa shape index (κ3) is 7.41. The molecule has 1 amide bonds. The van der Waals surface area contributed by atoms with Crippen molar-refractivity contribution < 1.29 is 18.3 Å². The molecule has 0 aliphatic heterocycles. The zero-order chi connectivity index (χ0) is 17.7. The van der Waals surface area contributed by atoms with Crippen molar-refractivity contribution in [3.05, 3.63) is 35.4 Å². The van der Waals surface area contributed by atoms with Gasteiger partial charge in [0.15, 0.2) is 0 Å². The highest BCUT2D eigenvalue weighted by Crippen LogP contribution is 2.19. The standard InChI is InChI=1S/C17H26F2N2O2/c1-12-8-6-7-9-14(12)13(2)20-10-17(18,19)11-21-15(22)23-16(3,4)5/h6-9,13,20H,10-11H2,1-5H3,(H,21,22). The van der Waals surface area contributed by atoms with E-state index in [0.717, 1.165) is 11.1 Å². The second-order valence-electron chi connectivity index (χ2n) is 6.67. The fraction of sp³-hybridized carbons (Fsp3) is 0.588. The van der Waals surface area contributed by atoms with E-state index in [1.807, 2.05) is 38.1 Å². The summed E-state index contributed by atoms with van der Waals surface area (Å²) in [6, 6.07) is 7.43. The molecule has 0 spiro atoms. The summed E-state index contributed by atoms with van der Waals surface area (Å²) in [7, 11) is 0. The molecule has 0 fully saturated rings. The minimum absolute atomic E-state index is 0.205. The number of ether oxygens (including phenoxy) is 1. The molecule has 0 saturated carbocycles. The van der Waals surface area contributed by atoms with Crippen molar-refractivity contribution in [1.82, 2.24) is 10.6 Å². The van der Waals surface area contributed by atoms with E-state index in [1.165, 1.54) is 0 Å². The van der Waals surface area contributed by atoms with E-state index in [-0.39, 0.29) is 6.04 Å². The number of hydrogen-bond donors (Lipinski definition) is 2. The van der Waals surface area contributed by atoms with Crippen molar-refractivity contribution in [3.8, 4) is 0 Å². The van der Waals surface area contributed by atoms with Crippen LogP contribution in [0.3, 0.4) is 0 Å². The number of rotatable bonds is 6. The first-order chi connectivity index (χ1) is 10.5. The first kappa shape index (κ1) is 19.4. The summed E-state index contributed by atoms with van der Waals surface area (Å²) in [6.45, 7) is 7.51. The first-order valence-electron chi connectivity index (χ1n) is 7.64. The number of carbonyl (C=O) groups excluding carboxylic acids is 1. The molecule has 0 bridgehead atoms. The van der Waals surface area contributed by atoms with Crippen LogP contribution in [-0.2, 0) is 4.74 Å². The maximum Gasteiger partial charge on any atom is 0.407 e. The second kappa shape index (κ2) is 7.73. The Kier molecular flexibility index (Phi) is 6.50. The molecule has 0 aromatic heterocycles. The maximum atomic E-state index is 13.9. The van der Waals surface area contributed by atoms with Gasteiger partial charge < -0.3 is 15.4 Å². The third-order valence-electron chi connectivity index (χ3n) is 3.21. The summed E-state index contributed by atoms with van der Waals surface area (Å²) in [5, 5.41) is 4.91. The van der Waals surface area contributed by atoms with Crippen LogP contribution in [0.5, 0.6) is 0 Å². The maximum absolute atomic E-state index is 13.9. The lowest BCUT2D eigenvalue weighted by Gasteiger charge is -2.23. The Morgan fingerprint density at radius 2 is 1.83 bits per heavy atom. The minimum atomic E-state index is -3.06. The molecule has 1 atom stereocenters. The summed E-state index contributed by atoms with van der Waals surface area (Å²) in [5.74, 6) is -3.06. The number of aryl methyl sites for hydroxylation is 1. The lowest BCUT2D eigenvalue weighted by Crippen LogP contribution is -2.45. The van der Waals surface area contributed by atoms with Crippen LogP contribution in [-0.4, -0.2) is 30.7 Å². The number of amides is 1. The number of nitrogens with one attached hydrogen (secondary N) is 2. The third-order valence-corrected chi connectivity index (χ3v) is 3.21. The average Bonchev–Trinajstić information content (AvgIpc) is 2.42. The molecule has 0 saturated heterocycles. The molecule has 0 aliphatic carbocycles. The van der Waals surface area contributed by atoms with Gasteiger partial charge in [-0.3, -0.25) is 0 Å². The molecule has 0 heterocycles. The Balaban J connectivity index is 2.46. The Bertz CT molecular complexity index is 528. The smallest absolute Gasteiger partial charge is 0.407 e. The van der Waals surface area contributed by atoms with E-state index >= 15 is 0 Å². The van der Waals surface area contributed by atoms with Gasteiger partial charge in [0, 0.05) is 6.04 Å². The molecule has 130 valence electrons. The molecule has 1 aromatic carbocycles. The lowest BCUT2D eigenvalue weighted by molar-refractivity contribution is -0.00526. The SMILES string of the molecule is Cc1ccccc1C(C)NCC(F)(F)CNC(=O)OC(C)(C)C. The minimum Gasteiger partial charge on any atom is -0.444 e. The van der Waals surface area contributed by atoms with E-state index in [9.17, 15) is 13.6 Å². The molecular formula is C17H26F2N2O2. The molecule has 1 rings (SSSR count). The van der Waals surface area contributed by atoms with Crippen molar-refractivity contribution in [1.29, 1.82) is 0 Å². The zero-order valence-electron chi connectivity index (χ0n) is 14.4. The summed E-state index contributed by atoms with van der Waals surface area (Å²) in [4.78, 5) is 11.4. The highest BCUT2D eigenvalue weighted by molar-refractivity contribution is 5.67. The molecule has 1 unspecified atom stereocenters. The fourth-order valence-corrected chi connectivity index (χ4v) is 2.06. The van der Waals surface area contributed by atoms with Crippen LogP contribution >= 0.6 is 0 Å². The Labute approximate surface area is 136 Å². The van der Waals surface area contributed by atoms with Crippen molar-refractivity contribution in [3.63, 3.8) is 0 Å². The molecule has 0 aliphatic rings. The van der Waals surface area contributed by atoms with Crippen molar-refractivity contribution >= 4 is 6.09 Å². The van der Waals surface area contributed by atoms with Gasteiger partial charge in [0.05, 0.1) is 13.1 Å². The lowest BCUT2D eigenvalue weighted by atomic mass is 10.0. The topological polar surface area (TPSA) is 50.4 Å². The van der Waals surface area contributed by atoms with E-state index in [2.05, 4.69) is 10.6 Å². The van der Waals surface area contributed by atoms with E-state index in [4.69, 9.17) is 4.74 Å². The molecule has 1 aromatic rings. The van der Waals surface area contributed by atoms with Gasteiger partial charge in [-0.1, -0.05) is 24.3 Å². The molecular weight excluding hydrogens is 302 g/mol. The Morgan fingerprint density at radius 1 is 1.22 bits per heavy atom. The van der Waals surface area contributed by atoms with Gasteiger partial charge in [0.2, 0.25) is 0 Å². The predicted octanol–water partition coefficient (Wildman–Crippen LogP) is 3.81. The molecule has 4 nitrogen and oxygen atoms in total. The average molecular weight is 328 g/mol. The Hall–Kier alpha value is -1.69. The van der Waals surface area contributed by atoms with E-state index in [0.29, 0.717) is 0 Å². The Morgan fingerprint density at radius 3 is 2.39 bits per heavy atom. The quantitative estimate of drug-likeness (QED) is 0.835. The van der Waals surface area contributed by atoms with Crippen LogP contribution in [0.1, 0.15) is 44.9 Å². The van der Waals surface area contributed by atoms with Crippen LogP contribution < -0.4 is 10.6 Å². The van der Waals surface area contributed by atoms with Gasteiger partial charge >= 0.3 is 6.09 Å². The second-order valence-corrected chi connectivity index (χ2v) is 6.67. The number of benzene rings is 1. The van der Waals surface area contributed by atoms with Crippen LogP contribution in [0, 0.1) is 6.92 Å². The normalized spacial score (nSPS) is 13.5. The van der Waals surface area contributed by atoms with Gasteiger partial charge in [-0.15, -0.1) is 0 Å². The monoisotopic (exact) mass is 328 g/mol. The highest BCUT2D eigenvalue weighted by atomic mass is 19.3. The molecule has 6 heteroatoms. The summed E-state index contributed by atoms with van der Waals surface area (Å²) in [5.41, 5.74) is 1.31. The van der Waals surface area contributed by atoms with Gasteiger partial charge in [-0.05, 0) is 45.7 Å². The van der Waals surface area contributed by atoms with Crippen LogP contribution in [0.25, 0.3) is 0 Å². The van der Waals surface area contributed by atoms with Gasteiger partial charge in [0.25, 0.3) is 5.92 Å². The zero-order valence-corrected chi connectivity index (χ0v) is 14.4. The number of halogens is 2.